The first-order chi connectivity index (χ1) is 12.3. The Morgan fingerprint density at radius 3 is 2.73 bits per heavy atom. The van der Waals surface area contributed by atoms with Crippen molar-refractivity contribution in [3.8, 4) is 0 Å². The summed E-state index contributed by atoms with van der Waals surface area (Å²) in [6.07, 6.45) is 5.02. The van der Waals surface area contributed by atoms with Crippen molar-refractivity contribution in [1.29, 1.82) is 0 Å². The summed E-state index contributed by atoms with van der Waals surface area (Å²) in [4.78, 5) is 15.8. The quantitative estimate of drug-likeness (QED) is 0.611. The van der Waals surface area contributed by atoms with Crippen LogP contribution in [0.1, 0.15) is 48.6 Å². The summed E-state index contributed by atoms with van der Waals surface area (Å²) in [5.74, 6) is -0.577. The van der Waals surface area contributed by atoms with E-state index in [1.807, 2.05) is 20.8 Å². The normalized spacial score (nSPS) is 15.3. The smallest absolute Gasteiger partial charge is 0.248 e. The van der Waals surface area contributed by atoms with Crippen LogP contribution in [-0.4, -0.2) is 10.9 Å². The Morgan fingerprint density at radius 2 is 2.08 bits per heavy atom. The van der Waals surface area contributed by atoms with Gasteiger partial charge in [0.15, 0.2) is 0 Å². The van der Waals surface area contributed by atoms with Gasteiger partial charge in [0.2, 0.25) is 11.9 Å². The topological polar surface area (TPSA) is 54.0 Å². The fourth-order valence-corrected chi connectivity index (χ4v) is 3.57. The van der Waals surface area contributed by atoms with E-state index >= 15 is 0 Å². The Balaban J connectivity index is 1.86. The Bertz CT molecular complexity index is 868. The molecule has 2 aromatic rings. The largest absolute Gasteiger partial charge is 0.377 e. The molecule has 3 rings (SSSR count). The van der Waals surface area contributed by atoms with Crippen LogP contribution in [0.4, 0.5) is 15.8 Å². The van der Waals surface area contributed by atoms with Crippen LogP contribution in [0.5, 0.6) is 0 Å². The highest BCUT2D eigenvalue weighted by atomic mass is 19.1. The number of benzene rings is 1. The molecule has 0 bridgehead atoms. The molecule has 5 heteroatoms. The number of hydrogen-bond donors (Lipinski definition) is 2. The highest BCUT2D eigenvalue weighted by molar-refractivity contribution is 6.00. The molecule has 136 valence electrons. The first-order valence-corrected chi connectivity index (χ1v) is 8.82. The lowest BCUT2D eigenvalue weighted by atomic mass is 9.97. The van der Waals surface area contributed by atoms with Gasteiger partial charge in [-0.15, -0.1) is 0 Å². The Hall–Kier alpha value is -2.69. The van der Waals surface area contributed by atoms with Crippen molar-refractivity contribution < 1.29 is 9.18 Å². The van der Waals surface area contributed by atoms with Crippen molar-refractivity contribution in [2.24, 2.45) is 0 Å². The zero-order valence-corrected chi connectivity index (χ0v) is 15.6. The lowest BCUT2D eigenvalue weighted by Gasteiger charge is -2.19. The summed E-state index contributed by atoms with van der Waals surface area (Å²) in [7, 11) is 0. The number of halogens is 1. The van der Waals surface area contributed by atoms with Gasteiger partial charge in [-0.3, -0.25) is 4.79 Å². The molecule has 1 heterocycles. The lowest BCUT2D eigenvalue weighted by molar-refractivity contribution is -0.112. The van der Waals surface area contributed by atoms with E-state index in [0.717, 1.165) is 40.9 Å². The van der Waals surface area contributed by atoms with Crippen molar-refractivity contribution in [2.45, 2.75) is 46.6 Å². The van der Waals surface area contributed by atoms with E-state index in [9.17, 15) is 9.18 Å². The maximum Gasteiger partial charge on any atom is 0.248 e. The highest BCUT2D eigenvalue weighted by Crippen LogP contribution is 2.39. The fourth-order valence-electron chi connectivity index (χ4n) is 3.57. The number of hydrogen-bond acceptors (Lipinski definition) is 3. The number of fused-ring (bicyclic) bond motifs is 1. The van der Waals surface area contributed by atoms with Crippen molar-refractivity contribution in [1.82, 2.24) is 4.98 Å². The average molecular weight is 353 g/mol. The minimum Gasteiger partial charge on any atom is -0.377 e. The molecular weight excluding hydrogens is 329 g/mol. The van der Waals surface area contributed by atoms with Gasteiger partial charge >= 0.3 is 0 Å². The van der Waals surface area contributed by atoms with Crippen LogP contribution in [0.15, 0.2) is 36.0 Å². The molecule has 0 saturated heterocycles. The number of pyridine rings is 1. The molecule has 4 nitrogen and oxygen atoms in total. The maximum absolute atomic E-state index is 13.0. The Kier molecular flexibility index (Phi) is 5.07. The first kappa shape index (κ1) is 18.1. The van der Waals surface area contributed by atoms with Crippen LogP contribution < -0.4 is 10.6 Å². The molecule has 1 aliphatic rings. The second kappa shape index (κ2) is 7.28. The van der Waals surface area contributed by atoms with Gasteiger partial charge in [0.1, 0.15) is 0 Å². The number of nitrogens with zero attached hydrogens (tertiary/aromatic N) is 1. The van der Waals surface area contributed by atoms with E-state index in [1.54, 1.807) is 12.1 Å². The van der Waals surface area contributed by atoms with E-state index in [-0.39, 0.29) is 11.9 Å². The van der Waals surface area contributed by atoms with E-state index in [4.69, 9.17) is 0 Å². The maximum atomic E-state index is 13.0. The number of aryl methyl sites for hydroxylation is 1. The molecule has 0 radical (unpaired) electrons. The third-order valence-corrected chi connectivity index (χ3v) is 4.74. The van der Waals surface area contributed by atoms with Crippen LogP contribution in [0.2, 0.25) is 0 Å². The number of aromatic nitrogens is 1. The van der Waals surface area contributed by atoms with Crippen molar-refractivity contribution >= 4 is 17.3 Å². The van der Waals surface area contributed by atoms with Crippen LogP contribution in [0.25, 0.3) is 0 Å². The number of nitrogens with one attached hydrogen (secondary N) is 2. The molecule has 2 N–H and O–H groups in total. The third-order valence-electron chi connectivity index (χ3n) is 4.74. The summed E-state index contributed by atoms with van der Waals surface area (Å²) in [5, 5.41) is 6.46. The molecular formula is C21H24FN3O. The molecule has 1 amide bonds. The molecule has 1 atom stereocenters. The SMILES string of the molecule is CC(C)=CC(=O)Nc1c(C)cc2c(c1C)CCC2Nc1ccc(F)nc1. The summed E-state index contributed by atoms with van der Waals surface area (Å²) in [5.41, 5.74) is 7.35. The van der Waals surface area contributed by atoms with Crippen molar-refractivity contribution in [2.75, 3.05) is 10.6 Å². The lowest BCUT2D eigenvalue weighted by Crippen LogP contribution is -2.13. The minimum absolute atomic E-state index is 0.0961. The standard InChI is InChI=1S/C21H24FN3O/c1-12(2)9-20(26)25-21-13(3)10-17-16(14(21)4)6-7-18(17)24-15-5-8-19(22)23-11-15/h5,8-11,18,24H,6-7H2,1-4H3,(H,25,26). The average Bonchev–Trinajstić information content (AvgIpc) is 2.96. The number of allylic oxidation sites excluding steroid dienone is 1. The summed E-state index contributed by atoms with van der Waals surface area (Å²) in [6.45, 7) is 7.89. The van der Waals surface area contributed by atoms with Gasteiger partial charge < -0.3 is 10.6 Å². The van der Waals surface area contributed by atoms with Gasteiger partial charge in [0.05, 0.1) is 17.9 Å². The number of carbonyl (C=O) groups is 1. The van der Waals surface area contributed by atoms with Gasteiger partial charge in [-0.25, -0.2) is 4.98 Å². The van der Waals surface area contributed by atoms with Gasteiger partial charge in [-0.05, 0) is 74.9 Å². The van der Waals surface area contributed by atoms with Gasteiger partial charge in [-0.2, -0.15) is 4.39 Å². The number of anilines is 2. The number of amides is 1. The zero-order chi connectivity index (χ0) is 18.8. The molecule has 0 fully saturated rings. The zero-order valence-electron chi connectivity index (χ0n) is 15.6. The van der Waals surface area contributed by atoms with E-state index in [2.05, 4.69) is 28.6 Å². The summed E-state index contributed by atoms with van der Waals surface area (Å²) < 4.78 is 13.0. The predicted molar refractivity (Wildman–Crippen MR) is 103 cm³/mol. The summed E-state index contributed by atoms with van der Waals surface area (Å²) in [6, 6.07) is 5.37. The third kappa shape index (κ3) is 3.77. The van der Waals surface area contributed by atoms with Crippen molar-refractivity contribution in [3.63, 3.8) is 0 Å². The van der Waals surface area contributed by atoms with Gasteiger partial charge in [0, 0.05) is 11.8 Å². The van der Waals surface area contributed by atoms with Crippen LogP contribution in [-0.2, 0) is 11.2 Å². The molecule has 0 spiro atoms. The second-order valence-corrected chi connectivity index (χ2v) is 7.08. The number of carbonyl (C=O) groups excluding carboxylic acids is 1. The number of rotatable bonds is 4. The molecule has 0 saturated carbocycles. The first-order valence-electron chi connectivity index (χ1n) is 8.82. The Labute approximate surface area is 153 Å². The molecule has 1 unspecified atom stereocenters. The second-order valence-electron chi connectivity index (χ2n) is 7.08. The fraction of sp³-hybridized carbons (Fsp3) is 0.333. The van der Waals surface area contributed by atoms with E-state index < -0.39 is 5.95 Å². The Morgan fingerprint density at radius 1 is 1.31 bits per heavy atom. The predicted octanol–water partition coefficient (Wildman–Crippen LogP) is 4.84. The highest BCUT2D eigenvalue weighted by Gasteiger charge is 2.26. The molecule has 1 aromatic heterocycles. The molecule has 1 aliphatic carbocycles. The van der Waals surface area contributed by atoms with Crippen LogP contribution >= 0.6 is 0 Å². The van der Waals surface area contributed by atoms with Gasteiger partial charge in [0.25, 0.3) is 0 Å². The van der Waals surface area contributed by atoms with Crippen LogP contribution in [0, 0.1) is 19.8 Å². The minimum atomic E-state index is -0.481. The van der Waals surface area contributed by atoms with Crippen LogP contribution in [0.3, 0.4) is 0 Å². The molecule has 26 heavy (non-hydrogen) atoms. The van der Waals surface area contributed by atoms with Crippen molar-refractivity contribution in [3.05, 3.63) is 64.2 Å². The van der Waals surface area contributed by atoms with E-state index in [0.29, 0.717) is 0 Å². The molecule has 0 aliphatic heterocycles. The van der Waals surface area contributed by atoms with Gasteiger partial charge in [-0.1, -0.05) is 11.6 Å². The molecule has 1 aromatic carbocycles. The van der Waals surface area contributed by atoms with E-state index in [1.165, 1.54) is 23.4 Å². The monoisotopic (exact) mass is 353 g/mol. The summed E-state index contributed by atoms with van der Waals surface area (Å²) >= 11 is 0.